The van der Waals surface area contributed by atoms with Crippen LogP contribution in [0.4, 0.5) is 0 Å². The lowest BCUT2D eigenvalue weighted by atomic mass is 10.1. The van der Waals surface area contributed by atoms with Crippen molar-refractivity contribution in [1.29, 1.82) is 0 Å². The van der Waals surface area contributed by atoms with Gasteiger partial charge in [-0.15, -0.1) is 0 Å². The highest BCUT2D eigenvalue weighted by atomic mass is 79.9. The van der Waals surface area contributed by atoms with Crippen molar-refractivity contribution < 1.29 is 9.47 Å². The Labute approximate surface area is 90.1 Å². The van der Waals surface area contributed by atoms with Crippen molar-refractivity contribution in [2.45, 2.75) is 38.5 Å². The summed E-state index contributed by atoms with van der Waals surface area (Å²) >= 11 is 3.43. The van der Waals surface area contributed by atoms with Crippen molar-refractivity contribution in [3.8, 4) is 0 Å². The van der Waals surface area contributed by atoms with Gasteiger partial charge in [-0.05, 0) is 12.8 Å². The molecule has 0 aliphatic heterocycles. The van der Waals surface area contributed by atoms with Crippen LogP contribution in [0, 0.1) is 0 Å². The van der Waals surface area contributed by atoms with Crippen LogP contribution in [-0.2, 0) is 9.47 Å². The quantitative estimate of drug-likeness (QED) is 0.338. The normalized spacial score (nSPS) is 10.6. The van der Waals surface area contributed by atoms with Crippen molar-refractivity contribution >= 4 is 15.9 Å². The van der Waals surface area contributed by atoms with Crippen LogP contribution in [0.5, 0.6) is 0 Å². The van der Waals surface area contributed by atoms with Crippen LogP contribution >= 0.6 is 15.9 Å². The minimum absolute atomic E-state index is 0.434. The zero-order valence-electron chi connectivity index (χ0n) is 8.56. The van der Waals surface area contributed by atoms with Crippen molar-refractivity contribution in [3.05, 3.63) is 0 Å². The Morgan fingerprint density at radius 2 is 1.54 bits per heavy atom. The van der Waals surface area contributed by atoms with E-state index < -0.39 is 0 Å². The van der Waals surface area contributed by atoms with Gasteiger partial charge in [-0.3, -0.25) is 0 Å². The summed E-state index contributed by atoms with van der Waals surface area (Å²) in [5.41, 5.74) is 0. The molecule has 2 nitrogen and oxygen atoms in total. The predicted octanol–water partition coefficient (Wildman–Crippen LogP) is 3.34. The van der Waals surface area contributed by atoms with Crippen LogP contribution in [0.25, 0.3) is 0 Å². The van der Waals surface area contributed by atoms with Gasteiger partial charge in [-0.1, -0.05) is 41.6 Å². The molecule has 0 bridgehead atoms. The summed E-state index contributed by atoms with van der Waals surface area (Å²) in [5.74, 6) is 0. The minimum atomic E-state index is 0.434. The lowest BCUT2D eigenvalue weighted by molar-refractivity contribution is -0.0315. The predicted molar refractivity (Wildman–Crippen MR) is 59.3 cm³/mol. The molecule has 0 aromatic carbocycles. The first-order valence-corrected chi connectivity index (χ1v) is 6.16. The van der Waals surface area contributed by atoms with Gasteiger partial charge in [0.05, 0.1) is 0 Å². The van der Waals surface area contributed by atoms with Gasteiger partial charge in [0, 0.05) is 19.0 Å². The lowest BCUT2D eigenvalue weighted by Gasteiger charge is -2.02. The first-order chi connectivity index (χ1) is 6.41. The highest BCUT2D eigenvalue weighted by Crippen LogP contribution is 2.06. The third-order valence-electron chi connectivity index (χ3n) is 1.87. The zero-order chi connectivity index (χ0) is 9.78. The van der Waals surface area contributed by atoms with Gasteiger partial charge in [0.2, 0.25) is 0 Å². The molecule has 0 atom stereocenters. The highest BCUT2D eigenvalue weighted by molar-refractivity contribution is 9.09. The number of rotatable bonds is 10. The molecule has 0 heterocycles. The van der Waals surface area contributed by atoms with E-state index in [1.165, 1.54) is 32.1 Å². The van der Waals surface area contributed by atoms with Gasteiger partial charge < -0.3 is 9.47 Å². The van der Waals surface area contributed by atoms with Gasteiger partial charge in [0.1, 0.15) is 6.79 Å². The molecule has 0 amide bonds. The van der Waals surface area contributed by atoms with Crippen LogP contribution in [0.15, 0.2) is 0 Å². The van der Waals surface area contributed by atoms with Gasteiger partial charge in [-0.25, -0.2) is 0 Å². The first-order valence-electron chi connectivity index (χ1n) is 5.04. The van der Waals surface area contributed by atoms with Crippen molar-refractivity contribution in [3.63, 3.8) is 0 Å². The zero-order valence-corrected chi connectivity index (χ0v) is 10.1. The SMILES string of the molecule is COCOCCCCCCCCBr. The van der Waals surface area contributed by atoms with E-state index >= 15 is 0 Å². The van der Waals surface area contributed by atoms with Gasteiger partial charge >= 0.3 is 0 Å². The average Bonchev–Trinajstić information content (AvgIpc) is 2.16. The Morgan fingerprint density at radius 3 is 2.15 bits per heavy atom. The molecule has 13 heavy (non-hydrogen) atoms. The molecule has 3 heteroatoms. The molecule has 0 saturated carbocycles. The van der Waals surface area contributed by atoms with E-state index in [1.807, 2.05) is 0 Å². The van der Waals surface area contributed by atoms with Gasteiger partial charge in [-0.2, -0.15) is 0 Å². The molecule has 0 radical (unpaired) electrons. The lowest BCUT2D eigenvalue weighted by Crippen LogP contribution is -1.98. The molecule has 0 aromatic rings. The van der Waals surface area contributed by atoms with Crippen molar-refractivity contribution in [2.24, 2.45) is 0 Å². The number of ether oxygens (including phenoxy) is 2. The van der Waals surface area contributed by atoms with Crippen LogP contribution in [-0.4, -0.2) is 25.8 Å². The van der Waals surface area contributed by atoms with Gasteiger partial charge in [0.25, 0.3) is 0 Å². The minimum Gasteiger partial charge on any atom is -0.359 e. The van der Waals surface area contributed by atoms with Crippen LogP contribution < -0.4 is 0 Å². The Hall–Kier alpha value is 0.400. The van der Waals surface area contributed by atoms with E-state index in [9.17, 15) is 0 Å². The van der Waals surface area contributed by atoms with E-state index in [-0.39, 0.29) is 0 Å². The number of unbranched alkanes of at least 4 members (excludes halogenated alkanes) is 5. The number of hydrogen-bond donors (Lipinski definition) is 0. The average molecular weight is 253 g/mol. The molecule has 80 valence electrons. The maximum absolute atomic E-state index is 5.18. The third-order valence-corrected chi connectivity index (χ3v) is 2.43. The van der Waals surface area contributed by atoms with Gasteiger partial charge in [0.15, 0.2) is 0 Å². The maximum atomic E-state index is 5.18. The second-order valence-corrected chi connectivity index (χ2v) is 3.92. The molecule has 0 spiro atoms. The Kier molecular flexibility index (Phi) is 12.8. The molecule has 0 aliphatic rings. The number of methoxy groups -OCH3 is 1. The molecule has 0 aromatic heterocycles. The van der Waals surface area contributed by atoms with Crippen LogP contribution in [0.3, 0.4) is 0 Å². The summed E-state index contributed by atoms with van der Waals surface area (Å²) < 4.78 is 9.95. The molecular formula is C10H21BrO2. The van der Waals surface area contributed by atoms with E-state index in [4.69, 9.17) is 9.47 Å². The van der Waals surface area contributed by atoms with E-state index in [2.05, 4.69) is 15.9 Å². The Balaban J connectivity index is 2.76. The second kappa shape index (κ2) is 12.4. The summed E-state index contributed by atoms with van der Waals surface area (Å²) in [7, 11) is 1.65. The third kappa shape index (κ3) is 12.4. The highest BCUT2D eigenvalue weighted by Gasteiger charge is 1.90. The summed E-state index contributed by atoms with van der Waals surface area (Å²) in [4.78, 5) is 0. The number of halogens is 1. The summed E-state index contributed by atoms with van der Waals surface area (Å²) in [6, 6.07) is 0. The molecular weight excluding hydrogens is 232 g/mol. The fourth-order valence-corrected chi connectivity index (χ4v) is 1.54. The van der Waals surface area contributed by atoms with Crippen LogP contribution in [0.1, 0.15) is 38.5 Å². The monoisotopic (exact) mass is 252 g/mol. The number of hydrogen-bond acceptors (Lipinski definition) is 2. The number of alkyl halides is 1. The van der Waals surface area contributed by atoms with E-state index in [0.29, 0.717) is 6.79 Å². The molecule has 0 rings (SSSR count). The van der Waals surface area contributed by atoms with E-state index in [1.54, 1.807) is 7.11 Å². The Morgan fingerprint density at radius 1 is 0.923 bits per heavy atom. The molecule has 0 fully saturated rings. The van der Waals surface area contributed by atoms with E-state index in [0.717, 1.165) is 18.4 Å². The second-order valence-electron chi connectivity index (χ2n) is 3.13. The van der Waals surface area contributed by atoms with Crippen molar-refractivity contribution in [1.82, 2.24) is 0 Å². The standard InChI is InChI=1S/C10H21BrO2/c1-12-10-13-9-7-5-3-2-4-6-8-11/h2-10H2,1H3. The van der Waals surface area contributed by atoms with Crippen LogP contribution in [0.2, 0.25) is 0 Å². The topological polar surface area (TPSA) is 18.5 Å². The summed E-state index contributed by atoms with van der Waals surface area (Å²) in [6.45, 7) is 1.27. The molecule has 0 unspecified atom stereocenters. The van der Waals surface area contributed by atoms with Crippen molar-refractivity contribution in [2.75, 3.05) is 25.8 Å². The molecule has 0 N–H and O–H groups in total. The smallest absolute Gasteiger partial charge is 0.146 e. The molecule has 0 aliphatic carbocycles. The summed E-state index contributed by atoms with van der Waals surface area (Å²) in [6.07, 6.45) is 7.80. The Bertz CT molecular complexity index is 79.0. The maximum Gasteiger partial charge on any atom is 0.146 e. The molecule has 0 saturated heterocycles. The summed E-state index contributed by atoms with van der Waals surface area (Å²) in [5, 5.41) is 1.14. The largest absolute Gasteiger partial charge is 0.359 e. The first kappa shape index (κ1) is 13.4. The fraction of sp³-hybridized carbons (Fsp3) is 1.00. The fourth-order valence-electron chi connectivity index (χ4n) is 1.15.